The van der Waals surface area contributed by atoms with Crippen molar-refractivity contribution in [1.82, 2.24) is 4.90 Å². The van der Waals surface area contributed by atoms with Crippen molar-refractivity contribution in [3.05, 3.63) is 0 Å². The fourth-order valence-corrected chi connectivity index (χ4v) is 1.46. The van der Waals surface area contributed by atoms with Crippen molar-refractivity contribution in [2.45, 2.75) is 26.2 Å². The van der Waals surface area contributed by atoms with Crippen LogP contribution in [-0.2, 0) is 0 Å². The summed E-state index contributed by atoms with van der Waals surface area (Å²) in [6.45, 7) is 5.49. The third-order valence-electron chi connectivity index (χ3n) is 2.15. The van der Waals surface area contributed by atoms with E-state index in [1.165, 1.54) is 12.8 Å². The molecule has 1 rings (SSSR count). The number of aliphatic imine (C=N–C) groups is 1. The summed E-state index contributed by atoms with van der Waals surface area (Å²) >= 11 is 0. The van der Waals surface area contributed by atoms with Crippen LogP contribution in [0.2, 0.25) is 0 Å². The second kappa shape index (κ2) is 7.15. The van der Waals surface area contributed by atoms with Gasteiger partial charge in [0, 0.05) is 19.5 Å². The van der Waals surface area contributed by atoms with E-state index >= 15 is 0 Å². The molecule has 0 aliphatic carbocycles. The number of aliphatic hydroxyl groups is 1. The number of amidine groups is 1. The largest absolute Gasteiger partial charge is 0.396 e. The lowest BCUT2D eigenvalue weighted by Crippen LogP contribution is -2.29. The Bertz CT molecular complexity index is 162. The summed E-state index contributed by atoms with van der Waals surface area (Å²) in [5.41, 5.74) is 0. The summed E-state index contributed by atoms with van der Waals surface area (Å²) in [5, 5.41) is 8.76. The molecule has 0 radical (unpaired) electrons. The van der Waals surface area contributed by atoms with Crippen molar-refractivity contribution >= 4 is 18.2 Å². The van der Waals surface area contributed by atoms with Crippen LogP contribution in [0.25, 0.3) is 0 Å². The molecule has 4 heteroatoms. The Morgan fingerprint density at radius 1 is 1.54 bits per heavy atom. The van der Waals surface area contributed by atoms with E-state index in [1.54, 1.807) is 0 Å². The van der Waals surface area contributed by atoms with Crippen molar-refractivity contribution in [2.75, 3.05) is 26.2 Å². The van der Waals surface area contributed by atoms with Crippen LogP contribution < -0.4 is 0 Å². The molecule has 3 nitrogen and oxygen atoms in total. The highest BCUT2D eigenvalue weighted by Crippen LogP contribution is 2.06. The van der Waals surface area contributed by atoms with Gasteiger partial charge < -0.3 is 10.0 Å². The van der Waals surface area contributed by atoms with Gasteiger partial charge in [0.05, 0.1) is 13.2 Å². The number of halogens is 1. The number of unbranched alkanes of at least 4 members (excludes halogenated alkanes) is 1. The second-order valence-corrected chi connectivity index (χ2v) is 3.11. The smallest absolute Gasteiger partial charge is 0.101 e. The van der Waals surface area contributed by atoms with Gasteiger partial charge >= 0.3 is 0 Å². The first-order chi connectivity index (χ1) is 5.88. The molecule has 1 heterocycles. The quantitative estimate of drug-likeness (QED) is 0.736. The summed E-state index contributed by atoms with van der Waals surface area (Å²) < 4.78 is 0. The lowest BCUT2D eigenvalue weighted by atomic mass is 10.3. The van der Waals surface area contributed by atoms with E-state index in [-0.39, 0.29) is 19.0 Å². The van der Waals surface area contributed by atoms with E-state index in [1.807, 2.05) is 0 Å². The highest BCUT2D eigenvalue weighted by molar-refractivity contribution is 5.85. The summed E-state index contributed by atoms with van der Waals surface area (Å²) in [6, 6.07) is 0. The van der Waals surface area contributed by atoms with Gasteiger partial charge in [0.2, 0.25) is 0 Å². The van der Waals surface area contributed by atoms with Crippen molar-refractivity contribution < 1.29 is 5.11 Å². The summed E-state index contributed by atoms with van der Waals surface area (Å²) in [7, 11) is 0. The van der Waals surface area contributed by atoms with Crippen molar-refractivity contribution in [2.24, 2.45) is 4.99 Å². The molecule has 0 spiro atoms. The topological polar surface area (TPSA) is 35.8 Å². The molecule has 0 atom stereocenters. The van der Waals surface area contributed by atoms with Crippen molar-refractivity contribution in [1.29, 1.82) is 0 Å². The van der Waals surface area contributed by atoms with Gasteiger partial charge in [-0.2, -0.15) is 0 Å². The average molecular weight is 207 g/mol. The minimum atomic E-state index is 0. The molecule has 0 aromatic carbocycles. The number of nitrogens with zero attached hydrogens (tertiary/aromatic N) is 2. The van der Waals surface area contributed by atoms with Crippen LogP contribution in [-0.4, -0.2) is 42.1 Å². The van der Waals surface area contributed by atoms with Crippen LogP contribution in [0.1, 0.15) is 26.2 Å². The van der Waals surface area contributed by atoms with E-state index in [4.69, 9.17) is 5.11 Å². The van der Waals surface area contributed by atoms with Crippen LogP contribution in [0.3, 0.4) is 0 Å². The molecule has 0 saturated heterocycles. The average Bonchev–Trinajstić information content (AvgIpc) is 2.50. The lowest BCUT2D eigenvalue weighted by Gasteiger charge is -2.19. The van der Waals surface area contributed by atoms with Crippen LogP contribution >= 0.6 is 12.4 Å². The van der Waals surface area contributed by atoms with E-state index in [0.717, 1.165) is 31.9 Å². The molecular weight excluding hydrogens is 188 g/mol. The third-order valence-corrected chi connectivity index (χ3v) is 2.15. The molecule has 0 amide bonds. The molecule has 0 aromatic heterocycles. The Hall–Kier alpha value is -0.280. The summed E-state index contributed by atoms with van der Waals surface area (Å²) in [5.74, 6) is 1.10. The Morgan fingerprint density at radius 3 is 2.92 bits per heavy atom. The molecule has 0 bridgehead atoms. The molecule has 0 aromatic rings. The van der Waals surface area contributed by atoms with Gasteiger partial charge in [-0.1, -0.05) is 13.3 Å². The van der Waals surface area contributed by atoms with Crippen LogP contribution in [0, 0.1) is 0 Å². The molecule has 13 heavy (non-hydrogen) atoms. The maximum Gasteiger partial charge on any atom is 0.101 e. The fraction of sp³-hybridized carbons (Fsp3) is 0.889. The molecule has 1 aliphatic heterocycles. The minimum absolute atomic E-state index is 0. The SMILES string of the molecule is CCCCN1CCN=C1CCO.Cl. The molecule has 1 aliphatic rings. The zero-order chi connectivity index (χ0) is 8.81. The summed E-state index contributed by atoms with van der Waals surface area (Å²) in [6.07, 6.45) is 3.18. The molecule has 78 valence electrons. The molecule has 0 fully saturated rings. The molecule has 1 N–H and O–H groups in total. The molecule has 0 saturated carbocycles. The maximum atomic E-state index is 8.76. The minimum Gasteiger partial charge on any atom is -0.396 e. The number of hydrogen-bond acceptors (Lipinski definition) is 3. The fourth-order valence-electron chi connectivity index (χ4n) is 1.46. The van der Waals surface area contributed by atoms with Crippen LogP contribution in [0.5, 0.6) is 0 Å². The molecular formula is C9H19ClN2O. The van der Waals surface area contributed by atoms with Gasteiger partial charge in [0.15, 0.2) is 0 Å². The predicted octanol–water partition coefficient (Wildman–Crippen LogP) is 1.30. The van der Waals surface area contributed by atoms with Gasteiger partial charge in [0.1, 0.15) is 5.84 Å². The highest BCUT2D eigenvalue weighted by Gasteiger charge is 2.14. The highest BCUT2D eigenvalue weighted by atomic mass is 35.5. The van der Waals surface area contributed by atoms with E-state index < -0.39 is 0 Å². The van der Waals surface area contributed by atoms with Gasteiger partial charge in [-0.3, -0.25) is 4.99 Å². The zero-order valence-corrected chi connectivity index (χ0v) is 9.02. The number of aliphatic hydroxyl groups excluding tert-OH is 1. The second-order valence-electron chi connectivity index (χ2n) is 3.11. The Kier molecular flexibility index (Phi) is 7.00. The van der Waals surface area contributed by atoms with Gasteiger partial charge in [-0.15, -0.1) is 12.4 Å². The third kappa shape index (κ3) is 3.96. The monoisotopic (exact) mass is 206 g/mol. The Labute approximate surface area is 86.3 Å². The number of rotatable bonds is 5. The van der Waals surface area contributed by atoms with Gasteiger partial charge in [-0.25, -0.2) is 0 Å². The van der Waals surface area contributed by atoms with E-state index in [2.05, 4.69) is 16.8 Å². The first kappa shape index (κ1) is 12.7. The maximum absolute atomic E-state index is 8.76. The van der Waals surface area contributed by atoms with Gasteiger partial charge in [0.25, 0.3) is 0 Å². The van der Waals surface area contributed by atoms with Crippen molar-refractivity contribution in [3.8, 4) is 0 Å². The first-order valence-electron chi connectivity index (χ1n) is 4.77. The zero-order valence-electron chi connectivity index (χ0n) is 8.20. The molecule has 0 unspecified atom stereocenters. The first-order valence-corrected chi connectivity index (χ1v) is 4.77. The summed E-state index contributed by atoms with van der Waals surface area (Å²) in [4.78, 5) is 6.63. The normalized spacial score (nSPS) is 15.5. The van der Waals surface area contributed by atoms with E-state index in [0.29, 0.717) is 0 Å². The lowest BCUT2D eigenvalue weighted by molar-refractivity contribution is 0.300. The van der Waals surface area contributed by atoms with Crippen molar-refractivity contribution in [3.63, 3.8) is 0 Å². The van der Waals surface area contributed by atoms with Crippen LogP contribution in [0.4, 0.5) is 0 Å². The standard InChI is InChI=1S/C9H18N2O.ClH/c1-2-3-6-11-7-5-10-9(11)4-8-12;/h12H,2-8H2,1H3;1H. The predicted molar refractivity (Wildman–Crippen MR) is 57.7 cm³/mol. The number of hydrogen-bond donors (Lipinski definition) is 1. The van der Waals surface area contributed by atoms with Crippen LogP contribution in [0.15, 0.2) is 4.99 Å². The Morgan fingerprint density at radius 2 is 2.31 bits per heavy atom. The van der Waals surface area contributed by atoms with E-state index in [9.17, 15) is 0 Å². The van der Waals surface area contributed by atoms with Gasteiger partial charge in [-0.05, 0) is 6.42 Å². The Balaban J connectivity index is 0.00000144.